The van der Waals surface area contributed by atoms with Crippen LogP contribution in [0.15, 0.2) is 88.8 Å². The molecule has 0 amide bonds. The minimum atomic E-state index is 0.0938. The quantitative estimate of drug-likeness (QED) is 0.169. The van der Waals surface area contributed by atoms with Gasteiger partial charge in [0.05, 0.1) is 5.52 Å². The molecule has 1 fully saturated rings. The second-order valence-corrected chi connectivity index (χ2v) is 11.7. The zero-order chi connectivity index (χ0) is 24.5. The minimum absolute atomic E-state index is 0.0938. The number of hydrogen-bond acceptors (Lipinski definition) is 5. The van der Waals surface area contributed by atoms with Crippen LogP contribution >= 0.6 is 34.7 Å². The molecule has 2 aromatic heterocycles. The predicted molar refractivity (Wildman–Crippen MR) is 152 cm³/mol. The number of aromatic nitrogens is 2. The highest BCUT2D eigenvalue weighted by Crippen LogP contribution is 2.35. The van der Waals surface area contributed by atoms with Gasteiger partial charge in [0.25, 0.3) is 5.56 Å². The van der Waals surface area contributed by atoms with Crippen LogP contribution < -0.4 is 5.56 Å². The number of piperidine rings is 1. The topological polar surface area (TPSA) is 38.1 Å². The van der Waals surface area contributed by atoms with Gasteiger partial charge in [0.2, 0.25) is 0 Å². The van der Waals surface area contributed by atoms with Gasteiger partial charge in [-0.1, -0.05) is 84.0 Å². The van der Waals surface area contributed by atoms with Gasteiger partial charge in [-0.3, -0.25) is 14.3 Å². The van der Waals surface area contributed by atoms with Crippen molar-refractivity contribution in [2.24, 2.45) is 0 Å². The first-order chi connectivity index (χ1) is 17.7. The Morgan fingerprint density at radius 2 is 1.69 bits per heavy atom. The molecule has 4 nitrogen and oxygen atoms in total. The molecule has 1 aliphatic rings. The summed E-state index contributed by atoms with van der Waals surface area (Å²) < 4.78 is 3.86. The van der Waals surface area contributed by atoms with Crippen molar-refractivity contribution in [1.82, 2.24) is 14.5 Å². The molecule has 0 spiro atoms. The average Bonchev–Trinajstić information content (AvgIpc) is 3.28. The molecule has 0 atom stereocenters. The molecule has 0 N–H and O–H groups in total. The molecule has 1 saturated heterocycles. The summed E-state index contributed by atoms with van der Waals surface area (Å²) in [4.78, 5) is 21.5. The Morgan fingerprint density at radius 3 is 2.50 bits per heavy atom. The molecule has 0 aliphatic carbocycles. The monoisotopic (exact) mass is 531 g/mol. The van der Waals surface area contributed by atoms with Crippen molar-refractivity contribution in [2.75, 3.05) is 13.1 Å². The summed E-state index contributed by atoms with van der Waals surface area (Å²) in [7, 11) is 0. The highest BCUT2D eigenvalue weighted by molar-refractivity contribution is 7.98. The van der Waals surface area contributed by atoms with E-state index >= 15 is 0 Å². The minimum Gasteiger partial charge on any atom is -0.299 e. The molecule has 3 heterocycles. The van der Waals surface area contributed by atoms with E-state index in [1.165, 1.54) is 5.56 Å². The second kappa shape index (κ2) is 10.4. The molecular weight excluding hydrogens is 506 g/mol. The number of halogens is 1. The first kappa shape index (κ1) is 23.7. The largest absolute Gasteiger partial charge is 0.299 e. The number of thioether (sulfide) groups is 1. The molecular formula is C29H26ClN3OS2. The maximum absolute atomic E-state index is 13.9. The van der Waals surface area contributed by atoms with Gasteiger partial charge in [-0.2, -0.15) is 0 Å². The van der Waals surface area contributed by atoms with E-state index in [1.807, 2.05) is 34.9 Å². The predicted octanol–water partition coefficient (Wildman–Crippen LogP) is 7.39. The second-order valence-electron chi connectivity index (χ2n) is 9.26. The molecule has 36 heavy (non-hydrogen) atoms. The van der Waals surface area contributed by atoms with E-state index in [9.17, 15) is 4.79 Å². The van der Waals surface area contributed by atoms with Gasteiger partial charge >= 0.3 is 0 Å². The lowest BCUT2D eigenvalue weighted by Crippen LogP contribution is -2.38. The summed E-state index contributed by atoms with van der Waals surface area (Å²) in [6, 6.07) is 26.8. The van der Waals surface area contributed by atoms with Crippen molar-refractivity contribution >= 4 is 55.0 Å². The van der Waals surface area contributed by atoms with Gasteiger partial charge in [0, 0.05) is 46.5 Å². The number of rotatable bonds is 6. The Hall–Kier alpha value is -2.64. The van der Waals surface area contributed by atoms with E-state index in [0.717, 1.165) is 68.5 Å². The highest BCUT2D eigenvalue weighted by Gasteiger charge is 2.26. The van der Waals surface area contributed by atoms with Gasteiger partial charge in [-0.25, -0.2) is 4.98 Å². The fraction of sp³-hybridized carbons (Fsp3) is 0.241. The van der Waals surface area contributed by atoms with E-state index in [1.54, 1.807) is 23.1 Å². The Bertz CT molecular complexity index is 1570. The van der Waals surface area contributed by atoms with Crippen LogP contribution in [0, 0.1) is 0 Å². The van der Waals surface area contributed by atoms with Gasteiger partial charge in [0.1, 0.15) is 4.70 Å². The first-order valence-corrected chi connectivity index (χ1v) is 14.4. The molecule has 0 saturated carbocycles. The van der Waals surface area contributed by atoms with E-state index in [2.05, 4.69) is 53.4 Å². The van der Waals surface area contributed by atoms with Gasteiger partial charge < -0.3 is 0 Å². The van der Waals surface area contributed by atoms with Crippen LogP contribution in [0.3, 0.4) is 0 Å². The number of fused-ring (bicyclic) bond motifs is 3. The summed E-state index contributed by atoms with van der Waals surface area (Å²) in [5.41, 5.74) is 3.38. The van der Waals surface area contributed by atoms with Crippen LogP contribution in [-0.4, -0.2) is 27.5 Å². The third kappa shape index (κ3) is 4.83. The van der Waals surface area contributed by atoms with E-state index < -0.39 is 0 Å². The lowest BCUT2D eigenvalue weighted by Gasteiger charge is -2.33. The molecule has 0 unspecified atom stereocenters. The smallest absolute Gasteiger partial charge is 0.272 e. The van der Waals surface area contributed by atoms with Crippen LogP contribution in [0.25, 0.3) is 20.3 Å². The summed E-state index contributed by atoms with van der Waals surface area (Å²) >= 11 is 9.41. The normalized spacial score (nSPS) is 15.1. The molecule has 0 bridgehead atoms. The average molecular weight is 532 g/mol. The summed E-state index contributed by atoms with van der Waals surface area (Å²) in [6.45, 7) is 2.89. The van der Waals surface area contributed by atoms with Gasteiger partial charge in [0.15, 0.2) is 5.16 Å². The van der Waals surface area contributed by atoms with Crippen LogP contribution in [0.1, 0.15) is 30.0 Å². The molecule has 6 rings (SSSR count). The third-order valence-electron chi connectivity index (χ3n) is 6.82. The fourth-order valence-electron chi connectivity index (χ4n) is 5.01. The number of nitrogens with zero attached hydrogens (tertiary/aromatic N) is 3. The number of thiophene rings is 1. The van der Waals surface area contributed by atoms with Crippen molar-refractivity contribution in [1.29, 1.82) is 0 Å². The van der Waals surface area contributed by atoms with Crippen molar-refractivity contribution in [2.45, 2.75) is 36.3 Å². The fourth-order valence-corrected chi connectivity index (χ4v) is 7.30. The Labute approximate surface area is 223 Å². The van der Waals surface area contributed by atoms with Crippen molar-refractivity contribution < 1.29 is 0 Å². The molecule has 0 radical (unpaired) electrons. The van der Waals surface area contributed by atoms with Crippen molar-refractivity contribution in [3.63, 3.8) is 0 Å². The molecule has 182 valence electrons. The Balaban J connectivity index is 1.33. The van der Waals surface area contributed by atoms with E-state index in [-0.39, 0.29) is 11.6 Å². The van der Waals surface area contributed by atoms with Gasteiger partial charge in [-0.05, 0) is 42.2 Å². The standard InChI is InChI=1S/C29H26ClN3OS2/c30-22-10-6-9-21(17-22)19-35-29-31-26-24-11-4-5-12-25(24)36-27(26)28(34)33(29)23-13-15-32(16-14-23)18-20-7-2-1-3-8-20/h1-12,17,23H,13-16,18-19H2. The third-order valence-corrected chi connectivity index (χ3v) is 9.23. The van der Waals surface area contributed by atoms with E-state index in [4.69, 9.17) is 16.6 Å². The maximum Gasteiger partial charge on any atom is 0.272 e. The highest BCUT2D eigenvalue weighted by atomic mass is 35.5. The Morgan fingerprint density at radius 1 is 0.944 bits per heavy atom. The SMILES string of the molecule is O=c1c2sc3ccccc3c2nc(SCc2cccc(Cl)c2)n1C1CCN(Cc2ccccc2)CC1. The molecule has 1 aliphatic heterocycles. The number of likely N-dealkylation sites (tertiary alicyclic amines) is 1. The van der Waals surface area contributed by atoms with E-state index in [0.29, 0.717) is 5.75 Å². The Kier molecular flexibility index (Phi) is 6.85. The van der Waals surface area contributed by atoms with Crippen LogP contribution in [-0.2, 0) is 12.3 Å². The summed E-state index contributed by atoms with van der Waals surface area (Å²) in [5, 5.41) is 2.59. The number of benzene rings is 3. The van der Waals surface area contributed by atoms with Crippen molar-refractivity contribution in [3.05, 3.63) is 105 Å². The maximum atomic E-state index is 13.9. The lowest BCUT2D eigenvalue weighted by molar-refractivity contribution is 0.173. The molecule has 3 aromatic carbocycles. The zero-order valence-electron chi connectivity index (χ0n) is 19.8. The number of hydrogen-bond donors (Lipinski definition) is 0. The van der Waals surface area contributed by atoms with Crippen LogP contribution in [0.5, 0.6) is 0 Å². The summed E-state index contributed by atoms with van der Waals surface area (Å²) in [6.07, 6.45) is 1.88. The van der Waals surface area contributed by atoms with Crippen LogP contribution in [0.2, 0.25) is 5.02 Å². The first-order valence-electron chi connectivity index (χ1n) is 12.2. The van der Waals surface area contributed by atoms with Crippen LogP contribution in [0.4, 0.5) is 0 Å². The van der Waals surface area contributed by atoms with Crippen molar-refractivity contribution in [3.8, 4) is 0 Å². The van der Waals surface area contributed by atoms with Gasteiger partial charge in [-0.15, -0.1) is 11.3 Å². The molecule has 7 heteroatoms. The zero-order valence-corrected chi connectivity index (χ0v) is 22.2. The summed E-state index contributed by atoms with van der Waals surface area (Å²) in [5.74, 6) is 0.716. The molecule has 5 aromatic rings. The lowest BCUT2D eigenvalue weighted by atomic mass is 10.0.